The molecule has 1 fully saturated rings. The molecule has 0 aliphatic heterocycles. The summed E-state index contributed by atoms with van der Waals surface area (Å²) in [5.74, 6) is 2.33. The Kier molecular flexibility index (Phi) is 5.15. The molecule has 112 valence electrons. The van der Waals surface area contributed by atoms with Crippen LogP contribution in [0.25, 0.3) is 0 Å². The third-order valence-corrected chi connectivity index (χ3v) is 3.87. The summed E-state index contributed by atoms with van der Waals surface area (Å²) in [6, 6.07) is 0.347. The molecule has 1 aliphatic rings. The van der Waals surface area contributed by atoms with Crippen molar-refractivity contribution in [2.75, 3.05) is 0 Å². The van der Waals surface area contributed by atoms with Crippen LogP contribution in [-0.2, 0) is 11.2 Å². The molecule has 1 heterocycles. The third-order valence-electron chi connectivity index (χ3n) is 3.87. The Morgan fingerprint density at radius 3 is 2.90 bits per heavy atom. The molecule has 2 atom stereocenters. The second kappa shape index (κ2) is 6.86. The summed E-state index contributed by atoms with van der Waals surface area (Å²) < 4.78 is 5.14. The van der Waals surface area contributed by atoms with Gasteiger partial charge in [0, 0.05) is 24.8 Å². The van der Waals surface area contributed by atoms with Crippen molar-refractivity contribution in [2.45, 2.75) is 71.3 Å². The van der Waals surface area contributed by atoms with E-state index in [9.17, 15) is 4.79 Å². The van der Waals surface area contributed by atoms with Gasteiger partial charge in [-0.15, -0.1) is 0 Å². The van der Waals surface area contributed by atoms with Crippen LogP contribution in [-0.4, -0.2) is 22.1 Å². The van der Waals surface area contributed by atoms with Crippen molar-refractivity contribution in [3.8, 4) is 0 Å². The minimum atomic E-state index is 0.0911. The lowest BCUT2D eigenvalue weighted by Crippen LogP contribution is -2.38. The largest absolute Gasteiger partial charge is 0.353 e. The van der Waals surface area contributed by atoms with E-state index < -0.39 is 0 Å². The molecule has 0 bridgehead atoms. The molecule has 1 N–H and O–H groups in total. The smallest absolute Gasteiger partial charge is 0.227 e. The van der Waals surface area contributed by atoms with Crippen molar-refractivity contribution in [1.82, 2.24) is 15.5 Å². The highest BCUT2D eigenvalue weighted by Crippen LogP contribution is 2.23. The van der Waals surface area contributed by atoms with Crippen molar-refractivity contribution in [3.05, 3.63) is 11.7 Å². The highest BCUT2D eigenvalue weighted by Gasteiger charge is 2.20. The molecule has 1 aromatic heterocycles. The maximum Gasteiger partial charge on any atom is 0.227 e. The van der Waals surface area contributed by atoms with Crippen LogP contribution in [0.3, 0.4) is 0 Å². The predicted octanol–water partition coefficient (Wildman–Crippen LogP) is 2.82. The number of aryl methyl sites for hydroxylation is 1. The van der Waals surface area contributed by atoms with E-state index in [-0.39, 0.29) is 11.8 Å². The monoisotopic (exact) mass is 279 g/mol. The number of carbonyl (C=O) groups excluding carboxylic acids is 1. The fraction of sp³-hybridized carbons (Fsp3) is 0.800. The van der Waals surface area contributed by atoms with Crippen LogP contribution < -0.4 is 5.32 Å². The number of nitrogens with zero attached hydrogens (tertiary/aromatic N) is 2. The Bertz CT molecular complexity index is 442. The highest BCUT2D eigenvalue weighted by molar-refractivity contribution is 5.76. The Balaban J connectivity index is 1.74. The maximum atomic E-state index is 11.9. The lowest BCUT2D eigenvalue weighted by atomic mass is 9.87. The van der Waals surface area contributed by atoms with E-state index in [0.717, 1.165) is 18.8 Å². The van der Waals surface area contributed by atoms with Gasteiger partial charge in [0.2, 0.25) is 11.8 Å². The van der Waals surface area contributed by atoms with E-state index in [1.807, 2.05) is 13.8 Å². The molecule has 5 heteroatoms. The third kappa shape index (κ3) is 4.32. The fourth-order valence-corrected chi connectivity index (χ4v) is 2.69. The molecule has 0 aromatic carbocycles. The Hall–Kier alpha value is -1.39. The molecule has 0 spiro atoms. The number of nitrogens with one attached hydrogen (secondary N) is 1. The molecular formula is C15H25N3O2. The summed E-state index contributed by atoms with van der Waals surface area (Å²) in [6.45, 7) is 6.29. The normalized spacial score (nSPS) is 23.0. The summed E-state index contributed by atoms with van der Waals surface area (Å²) >= 11 is 0. The van der Waals surface area contributed by atoms with Crippen molar-refractivity contribution in [2.24, 2.45) is 5.92 Å². The molecule has 0 unspecified atom stereocenters. The van der Waals surface area contributed by atoms with E-state index in [0.29, 0.717) is 30.6 Å². The van der Waals surface area contributed by atoms with Crippen LogP contribution in [0, 0.1) is 5.92 Å². The summed E-state index contributed by atoms with van der Waals surface area (Å²) in [4.78, 5) is 16.2. The van der Waals surface area contributed by atoms with Gasteiger partial charge in [-0.1, -0.05) is 38.8 Å². The highest BCUT2D eigenvalue weighted by atomic mass is 16.5. The van der Waals surface area contributed by atoms with Crippen molar-refractivity contribution >= 4 is 5.91 Å². The predicted molar refractivity (Wildman–Crippen MR) is 76.3 cm³/mol. The van der Waals surface area contributed by atoms with Crippen LogP contribution in [0.2, 0.25) is 0 Å². The van der Waals surface area contributed by atoms with Gasteiger partial charge in [0.15, 0.2) is 5.82 Å². The van der Waals surface area contributed by atoms with Crippen LogP contribution in [0.5, 0.6) is 0 Å². The second-order valence-electron chi connectivity index (χ2n) is 6.24. The number of amides is 1. The average molecular weight is 279 g/mol. The van der Waals surface area contributed by atoms with Gasteiger partial charge in [-0.3, -0.25) is 4.79 Å². The zero-order valence-electron chi connectivity index (χ0n) is 12.7. The quantitative estimate of drug-likeness (QED) is 0.900. The van der Waals surface area contributed by atoms with Gasteiger partial charge in [0.1, 0.15) is 0 Å². The first-order valence-electron chi connectivity index (χ1n) is 7.66. The van der Waals surface area contributed by atoms with E-state index in [4.69, 9.17) is 4.52 Å². The zero-order chi connectivity index (χ0) is 14.5. The van der Waals surface area contributed by atoms with Crippen molar-refractivity contribution < 1.29 is 9.32 Å². The summed E-state index contributed by atoms with van der Waals surface area (Å²) in [7, 11) is 0. The van der Waals surface area contributed by atoms with Crippen molar-refractivity contribution in [1.29, 1.82) is 0 Å². The molecule has 1 saturated carbocycles. The first-order valence-corrected chi connectivity index (χ1v) is 7.66. The number of aromatic nitrogens is 2. The topological polar surface area (TPSA) is 68.0 Å². The molecule has 1 aliphatic carbocycles. The zero-order valence-corrected chi connectivity index (χ0v) is 12.7. The molecular weight excluding hydrogens is 254 g/mol. The van der Waals surface area contributed by atoms with Gasteiger partial charge in [-0.2, -0.15) is 4.98 Å². The SMILES string of the molecule is CC(C)c1noc(CCC(=O)N[C@H]2CCC[C@@H](C)C2)n1. The second-order valence-corrected chi connectivity index (χ2v) is 6.24. The van der Waals surface area contributed by atoms with Crippen LogP contribution in [0.15, 0.2) is 4.52 Å². The molecule has 0 radical (unpaired) electrons. The summed E-state index contributed by atoms with van der Waals surface area (Å²) in [5.41, 5.74) is 0. The minimum Gasteiger partial charge on any atom is -0.353 e. The van der Waals surface area contributed by atoms with E-state index in [1.54, 1.807) is 0 Å². The fourth-order valence-electron chi connectivity index (χ4n) is 2.69. The molecule has 1 amide bonds. The van der Waals surface area contributed by atoms with Crippen molar-refractivity contribution in [3.63, 3.8) is 0 Å². The average Bonchev–Trinajstić information content (AvgIpc) is 2.85. The molecule has 1 aromatic rings. The Labute approximate surface area is 120 Å². The van der Waals surface area contributed by atoms with Gasteiger partial charge in [-0.25, -0.2) is 0 Å². The molecule has 0 saturated heterocycles. The standard InChI is InChI=1S/C15H25N3O2/c1-10(2)15-17-14(20-18-15)8-7-13(19)16-12-6-4-5-11(3)9-12/h10-12H,4-9H2,1-3H3,(H,16,19)/t11-,12+/m1/s1. The van der Waals surface area contributed by atoms with Gasteiger partial charge < -0.3 is 9.84 Å². The van der Waals surface area contributed by atoms with E-state index in [2.05, 4.69) is 22.4 Å². The Morgan fingerprint density at radius 2 is 2.25 bits per heavy atom. The van der Waals surface area contributed by atoms with Crippen LogP contribution in [0.4, 0.5) is 0 Å². The lowest BCUT2D eigenvalue weighted by Gasteiger charge is -2.27. The minimum absolute atomic E-state index is 0.0911. The van der Waals surface area contributed by atoms with Gasteiger partial charge in [-0.05, 0) is 18.8 Å². The summed E-state index contributed by atoms with van der Waals surface area (Å²) in [6.07, 6.45) is 5.65. The van der Waals surface area contributed by atoms with Gasteiger partial charge in [0.05, 0.1) is 0 Å². The first-order chi connectivity index (χ1) is 9.54. The van der Waals surface area contributed by atoms with E-state index in [1.165, 1.54) is 12.8 Å². The first kappa shape index (κ1) is 15.0. The van der Waals surface area contributed by atoms with Gasteiger partial charge >= 0.3 is 0 Å². The van der Waals surface area contributed by atoms with Gasteiger partial charge in [0.25, 0.3) is 0 Å². The summed E-state index contributed by atoms with van der Waals surface area (Å²) in [5, 5.41) is 7.02. The van der Waals surface area contributed by atoms with E-state index >= 15 is 0 Å². The number of carbonyl (C=O) groups is 1. The number of rotatable bonds is 5. The lowest BCUT2D eigenvalue weighted by molar-refractivity contribution is -0.122. The van der Waals surface area contributed by atoms with Crippen LogP contribution in [0.1, 0.15) is 70.5 Å². The number of hydrogen-bond acceptors (Lipinski definition) is 4. The molecule has 20 heavy (non-hydrogen) atoms. The Morgan fingerprint density at radius 1 is 1.45 bits per heavy atom. The molecule has 2 rings (SSSR count). The number of hydrogen-bond donors (Lipinski definition) is 1. The maximum absolute atomic E-state index is 11.9. The molecule has 5 nitrogen and oxygen atoms in total. The van der Waals surface area contributed by atoms with Crippen LogP contribution >= 0.6 is 0 Å².